The molecule has 5 radical (unpaired) electrons. The first kappa shape index (κ1) is 15.3. The average molecular weight is 426 g/mol. The van der Waals surface area contributed by atoms with Gasteiger partial charge in [0.25, 0.3) is 0 Å². The highest BCUT2D eigenvalue weighted by Gasteiger charge is 2.24. The second-order valence-electron chi connectivity index (χ2n) is 5.38. The first-order chi connectivity index (χ1) is 11.2. The summed E-state index contributed by atoms with van der Waals surface area (Å²) >= 11 is 7.20. The van der Waals surface area contributed by atoms with Crippen LogP contribution in [0, 0.1) is 31.6 Å². The van der Waals surface area contributed by atoms with Gasteiger partial charge in [-0.1, -0.05) is 46.3 Å². The molecule has 1 aromatic heterocycles. The summed E-state index contributed by atoms with van der Waals surface area (Å²) in [6, 6.07) is 16.8. The summed E-state index contributed by atoms with van der Waals surface area (Å²) in [6.45, 7) is 0. The van der Waals surface area contributed by atoms with E-state index in [1.807, 2.05) is 25.0 Å². The van der Waals surface area contributed by atoms with Gasteiger partial charge in [-0.3, -0.25) is 4.98 Å². The van der Waals surface area contributed by atoms with E-state index in [1.54, 1.807) is 0 Å². The van der Waals surface area contributed by atoms with E-state index in [1.165, 1.54) is 5.56 Å². The lowest BCUT2D eigenvalue weighted by Crippen LogP contribution is -2.02. The lowest BCUT2D eigenvalue weighted by molar-refractivity contribution is 1.17. The Bertz CT molecular complexity index is 852. The maximum absolute atomic E-state index is 4.97. The predicted octanol–water partition coefficient (Wildman–Crippen LogP) is 6.18. The summed E-state index contributed by atoms with van der Waals surface area (Å²) in [5.41, 5.74) is 4.31. The minimum Gasteiger partial charge on any atom is -0.250 e. The summed E-state index contributed by atoms with van der Waals surface area (Å²) in [5.74, 6) is 1.14. The van der Waals surface area contributed by atoms with Crippen LogP contribution >= 0.6 is 31.9 Å². The van der Waals surface area contributed by atoms with Crippen LogP contribution in [0.4, 0.5) is 0 Å². The van der Waals surface area contributed by atoms with Crippen LogP contribution in [0.15, 0.2) is 57.5 Å². The molecule has 1 heterocycles. The minimum atomic E-state index is 0.976. The fourth-order valence-corrected chi connectivity index (χ4v) is 4.15. The highest BCUT2D eigenvalue weighted by atomic mass is 79.9. The molecule has 0 bridgehead atoms. The molecule has 111 valence electrons. The molecule has 1 aliphatic carbocycles. The van der Waals surface area contributed by atoms with Gasteiger partial charge in [0.2, 0.25) is 0 Å². The molecule has 3 heteroatoms. The second kappa shape index (κ2) is 6.37. The van der Waals surface area contributed by atoms with Crippen molar-refractivity contribution in [3.8, 4) is 11.1 Å². The first-order valence-corrected chi connectivity index (χ1v) is 8.88. The minimum absolute atomic E-state index is 0.976. The molecule has 0 atom stereocenters. The number of rotatable bonds is 2. The molecule has 23 heavy (non-hydrogen) atoms. The number of benzene rings is 2. The number of halogens is 2. The van der Waals surface area contributed by atoms with E-state index >= 15 is 0 Å². The molecule has 0 saturated heterocycles. The number of hydrogen-bond donors (Lipinski definition) is 0. The molecule has 2 aromatic carbocycles. The van der Waals surface area contributed by atoms with Crippen LogP contribution in [0.3, 0.4) is 0 Å². The SMILES string of the molecule is Brc1cc(Br)c2nc([C]3[CH][CH][CH][CH]3)c(-c3ccccc3)cc2c1. The van der Waals surface area contributed by atoms with E-state index in [9.17, 15) is 0 Å². The zero-order valence-electron chi connectivity index (χ0n) is 12.1. The van der Waals surface area contributed by atoms with Gasteiger partial charge in [0.1, 0.15) is 0 Å². The van der Waals surface area contributed by atoms with Crippen molar-refractivity contribution in [2.24, 2.45) is 0 Å². The van der Waals surface area contributed by atoms with Crippen LogP contribution in [0.2, 0.25) is 0 Å². The van der Waals surface area contributed by atoms with Gasteiger partial charge in [0, 0.05) is 25.8 Å². The Morgan fingerprint density at radius 3 is 2.30 bits per heavy atom. The molecule has 4 rings (SSSR count). The summed E-state index contributed by atoms with van der Waals surface area (Å²) in [6.07, 6.45) is 8.31. The van der Waals surface area contributed by atoms with Crippen LogP contribution in [0.5, 0.6) is 0 Å². The van der Waals surface area contributed by atoms with E-state index < -0.39 is 0 Å². The van der Waals surface area contributed by atoms with Gasteiger partial charge in [0.15, 0.2) is 0 Å². The molecule has 0 N–H and O–H groups in total. The molecule has 0 spiro atoms. The van der Waals surface area contributed by atoms with Crippen molar-refractivity contribution in [3.05, 3.63) is 94.8 Å². The third-order valence-corrected chi connectivity index (χ3v) is 4.92. The van der Waals surface area contributed by atoms with Gasteiger partial charge in [0.05, 0.1) is 11.2 Å². The van der Waals surface area contributed by atoms with Crippen molar-refractivity contribution in [2.45, 2.75) is 0 Å². The van der Waals surface area contributed by atoms with Crippen molar-refractivity contribution in [2.75, 3.05) is 0 Å². The fourth-order valence-electron chi connectivity index (χ4n) is 2.80. The van der Waals surface area contributed by atoms with Gasteiger partial charge in [-0.15, -0.1) is 0 Å². The topological polar surface area (TPSA) is 12.9 Å². The molecule has 0 aliphatic heterocycles. The summed E-state index contributed by atoms with van der Waals surface area (Å²) in [7, 11) is 0. The van der Waals surface area contributed by atoms with Crippen LogP contribution in [0.1, 0.15) is 5.69 Å². The maximum Gasteiger partial charge on any atom is 0.0848 e. The number of fused-ring (bicyclic) bond motifs is 1. The van der Waals surface area contributed by atoms with E-state index in [0.717, 1.165) is 37.0 Å². The Labute approximate surface area is 153 Å². The van der Waals surface area contributed by atoms with Crippen molar-refractivity contribution >= 4 is 42.8 Å². The van der Waals surface area contributed by atoms with Gasteiger partial charge in [-0.05, 0) is 65.4 Å². The number of aromatic nitrogens is 1. The number of pyridine rings is 1. The molecule has 3 aromatic rings. The standard InChI is InChI=1S/C20H12Br2N/c21-16-10-15-11-17(13-6-2-1-3-7-13)19(14-8-4-5-9-14)23-20(15)18(22)12-16/h1-12H. The first-order valence-electron chi connectivity index (χ1n) is 7.30. The quantitative estimate of drug-likeness (QED) is 0.477. The third-order valence-electron chi connectivity index (χ3n) is 3.86. The van der Waals surface area contributed by atoms with E-state index in [2.05, 4.69) is 81.1 Å². The molecule has 0 amide bonds. The van der Waals surface area contributed by atoms with Crippen LogP contribution < -0.4 is 0 Å². The Balaban J connectivity index is 1.99. The van der Waals surface area contributed by atoms with E-state index in [0.29, 0.717) is 0 Å². The van der Waals surface area contributed by atoms with Gasteiger partial charge in [-0.2, -0.15) is 0 Å². The molecule has 1 nitrogen and oxygen atoms in total. The predicted molar refractivity (Wildman–Crippen MR) is 102 cm³/mol. The smallest absolute Gasteiger partial charge is 0.0848 e. The number of hydrogen-bond acceptors (Lipinski definition) is 1. The second-order valence-corrected chi connectivity index (χ2v) is 7.15. The van der Waals surface area contributed by atoms with Crippen molar-refractivity contribution in [1.29, 1.82) is 0 Å². The zero-order chi connectivity index (χ0) is 15.8. The fraction of sp³-hybridized carbons (Fsp3) is 0. The molecular weight excluding hydrogens is 414 g/mol. The maximum atomic E-state index is 4.97. The Hall–Kier alpha value is -1.19. The Kier molecular flexibility index (Phi) is 4.25. The highest BCUT2D eigenvalue weighted by molar-refractivity contribution is 9.11. The van der Waals surface area contributed by atoms with Crippen molar-refractivity contribution < 1.29 is 0 Å². The number of nitrogens with zero attached hydrogens (tertiary/aromatic N) is 1. The van der Waals surface area contributed by atoms with Crippen LogP contribution in [-0.2, 0) is 0 Å². The summed E-state index contributed by atoms with van der Waals surface area (Å²) in [5, 5.41) is 1.11. The highest BCUT2D eigenvalue weighted by Crippen LogP contribution is 2.38. The van der Waals surface area contributed by atoms with Crippen LogP contribution in [-0.4, -0.2) is 4.98 Å². The molecule has 1 aliphatic rings. The monoisotopic (exact) mass is 424 g/mol. The Morgan fingerprint density at radius 2 is 1.57 bits per heavy atom. The largest absolute Gasteiger partial charge is 0.250 e. The normalized spacial score (nSPS) is 15.4. The van der Waals surface area contributed by atoms with Gasteiger partial charge >= 0.3 is 0 Å². The molecular formula is C20H12Br2N. The average Bonchev–Trinajstić information content (AvgIpc) is 3.09. The molecule has 0 unspecified atom stereocenters. The molecule has 1 fully saturated rings. The van der Waals surface area contributed by atoms with Gasteiger partial charge in [-0.25, -0.2) is 0 Å². The summed E-state index contributed by atoms with van der Waals surface area (Å²) in [4.78, 5) is 4.97. The third kappa shape index (κ3) is 2.97. The lowest BCUT2D eigenvalue weighted by Gasteiger charge is -2.16. The van der Waals surface area contributed by atoms with E-state index in [-0.39, 0.29) is 0 Å². The van der Waals surface area contributed by atoms with Crippen molar-refractivity contribution in [3.63, 3.8) is 0 Å². The Morgan fingerprint density at radius 1 is 0.826 bits per heavy atom. The summed E-state index contributed by atoms with van der Waals surface area (Å²) < 4.78 is 2.04. The lowest BCUT2D eigenvalue weighted by atomic mass is 9.93. The molecule has 1 saturated carbocycles. The van der Waals surface area contributed by atoms with E-state index in [4.69, 9.17) is 4.98 Å². The van der Waals surface area contributed by atoms with Crippen molar-refractivity contribution in [1.82, 2.24) is 4.98 Å². The van der Waals surface area contributed by atoms with Gasteiger partial charge < -0.3 is 0 Å². The zero-order valence-corrected chi connectivity index (χ0v) is 15.3. The van der Waals surface area contributed by atoms with Crippen LogP contribution in [0.25, 0.3) is 22.0 Å².